The summed E-state index contributed by atoms with van der Waals surface area (Å²) >= 11 is 0. The van der Waals surface area contributed by atoms with E-state index in [1.807, 2.05) is 6.92 Å². The van der Waals surface area contributed by atoms with Crippen LogP contribution in [-0.4, -0.2) is 36.6 Å². The molecule has 1 aromatic carbocycles. The fraction of sp³-hybridized carbons (Fsp3) is 0.400. The van der Waals surface area contributed by atoms with Crippen LogP contribution in [0.4, 0.5) is 0 Å². The Bertz CT molecular complexity index is 565. The van der Waals surface area contributed by atoms with Gasteiger partial charge in [-0.2, -0.15) is 0 Å². The zero-order chi connectivity index (χ0) is 12.5. The van der Waals surface area contributed by atoms with Crippen LogP contribution in [0.1, 0.15) is 17.3 Å². The maximum absolute atomic E-state index is 4.55. The zero-order valence-electron chi connectivity index (χ0n) is 11.0. The van der Waals surface area contributed by atoms with Crippen LogP contribution < -0.4 is 5.32 Å². The summed E-state index contributed by atoms with van der Waals surface area (Å²) in [7, 11) is 2.20. The molecule has 0 amide bonds. The van der Waals surface area contributed by atoms with Crippen molar-refractivity contribution in [3.8, 4) is 0 Å². The topological polar surface area (TPSA) is 28.2 Å². The molecular weight excluding hydrogens is 222 g/mol. The first-order valence-corrected chi connectivity index (χ1v) is 6.52. The number of aryl methyl sites for hydroxylation is 1. The van der Waals surface area contributed by atoms with Crippen LogP contribution in [0.3, 0.4) is 0 Å². The van der Waals surface area contributed by atoms with E-state index < -0.39 is 0 Å². The van der Waals surface area contributed by atoms with Gasteiger partial charge in [-0.05, 0) is 37.7 Å². The predicted octanol–water partition coefficient (Wildman–Crippen LogP) is 2.12. The Hall–Kier alpha value is -1.45. The molecule has 1 aliphatic heterocycles. The zero-order valence-corrected chi connectivity index (χ0v) is 11.0. The lowest BCUT2D eigenvalue weighted by molar-refractivity contribution is 0.202. The standard InChI is InChI=1S/C15H19N3/c1-11-3-4-12-9-13(5-6-14(12)17-11)15-10-16-7-8-18(15)2/h3-6,9,15-16H,7-8,10H2,1-2H3. The third-order valence-corrected chi connectivity index (χ3v) is 3.75. The van der Waals surface area contributed by atoms with Gasteiger partial charge in [0, 0.05) is 36.8 Å². The molecule has 3 nitrogen and oxygen atoms in total. The highest BCUT2D eigenvalue weighted by atomic mass is 15.2. The average molecular weight is 241 g/mol. The summed E-state index contributed by atoms with van der Waals surface area (Å²) < 4.78 is 0. The molecule has 1 N–H and O–H groups in total. The molecule has 0 bridgehead atoms. The van der Waals surface area contributed by atoms with Gasteiger partial charge >= 0.3 is 0 Å². The highest BCUT2D eigenvalue weighted by molar-refractivity contribution is 5.79. The van der Waals surface area contributed by atoms with Gasteiger partial charge in [0.25, 0.3) is 0 Å². The second-order valence-corrected chi connectivity index (χ2v) is 5.11. The predicted molar refractivity (Wildman–Crippen MR) is 74.7 cm³/mol. The largest absolute Gasteiger partial charge is 0.314 e. The molecule has 2 heterocycles. The molecule has 1 fully saturated rings. The summed E-state index contributed by atoms with van der Waals surface area (Å²) in [6.07, 6.45) is 0. The number of hydrogen-bond donors (Lipinski definition) is 1. The second-order valence-electron chi connectivity index (χ2n) is 5.11. The van der Waals surface area contributed by atoms with E-state index >= 15 is 0 Å². The van der Waals surface area contributed by atoms with E-state index in [4.69, 9.17) is 0 Å². The Balaban J connectivity index is 1.99. The van der Waals surface area contributed by atoms with Gasteiger partial charge in [-0.3, -0.25) is 9.88 Å². The van der Waals surface area contributed by atoms with E-state index in [1.54, 1.807) is 0 Å². The van der Waals surface area contributed by atoms with Gasteiger partial charge in [0.05, 0.1) is 5.52 Å². The van der Waals surface area contributed by atoms with Crippen LogP contribution in [0.25, 0.3) is 10.9 Å². The first-order valence-electron chi connectivity index (χ1n) is 6.52. The smallest absolute Gasteiger partial charge is 0.0705 e. The van der Waals surface area contributed by atoms with Gasteiger partial charge in [-0.15, -0.1) is 0 Å². The van der Waals surface area contributed by atoms with Crippen LogP contribution in [0, 0.1) is 6.92 Å². The molecule has 3 heteroatoms. The number of nitrogens with zero attached hydrogens (tertiary/aromatic N) is 2. The highest BCUT2D eigenvalue weighted by Gasteiger charge is 2.20. The summed E-state index contributed by atoms with van der Waals surface area (Å²) in [6.45, 7) is 5.25. The molecule has 2 aromatic rings. The van der Waals surface area contributed by atoms with Gasteiger partial charge in [0.15, 0.2) is 0 Å². The lowest BCUT2D eigenvalue weighted by atomic mass is 10.0. The Morgan fingerprint density at radius 3 is 3.00 bits per heavy atom. The van der Waals surface area contributed by atoms with Crippen LogP contribution >= 0.6 is 0 Å². The molecule has 0 spiro atoms. The molecule has 1 aromatic heterocycles. The molecule has 0 radical (unpaired) electrons. The molecule has 1 aliphatic rings. The Morgan fingerprint density at radius 2 is 2.17 bits per heavy atom. The summed E-state index contributed by atoms with van der Waals surface area (Å²) in [5.74, 6) is 0. The lowest BCUT2D eigenvalue weighted by Gasteiger charge is -2.33. The van der Waals surface area contributed by atoms with Crippen LogP contribution in [-0.2, 0) is 0 Å². The number of aromatic nitrogens is 1. The minimum Gasteiger partial charge on any atom is -0.314 e. The minimum absolute atomic E-state index is 0.476. The Kier molecular flexibility index (Phi) is 3.02. The molecule has 1 unspecified atom stereocenters. The SMILES string of the molecule is Cc1ccc2cc(C3CNCCN3C)ccc2n1. The van der Waals surface area contributed by atoms with Crippen molar-refractivity contribution >= 4 is 10.9 Å². The molecular formula is C15H19N3. The van der Waals surface area contributed by atoms with Crippen molar-refractivity contribution in [2.24, 2.45) is 0 Å². The van der Waals surface area contributed by atoms with E-state index in [0.717, 1.165) is 30.8 Å². The molecule has 0 saturated carbocycles. The van der Waals surface area contributed by atoms with Gasteiger partial charge in [0.1, 0.15) is 0 Å². The molecule has 94 valence electrons. The normalized spacial score (nSPS) is 21.3. The van der Waals surface area contributed by atoms with Gasteiger partial charge < -0.3 is 5.32 Å². The fourth-order valence-electron chi connectivity index (χ4n) is 2.63. The van der Waals surface area contributed by atoms with E-state index in [9.17, 15) is 0 Å². The maximum atomic E-state index is 4.55. The number of fused-ring (bicyclic) bond motifs is 1. The van der Waals surface area contributed by atoms with Crippen molar-refractivity contribution in [2.75, 3.05) is 26.7 Å². The number of pyridine rings is 1. The van der Waals surface area contributed by atoms with Gasteiger partial charge in [-0.25, -0.2) is 0 Å². The first kappa shape index (κ1) is 11.6. The molecule has 0 aliphatic carbocycles. The maximum Gasteiger partial charge on any atom is 0.0705 e. The third-order valence-electron chi connectivity index (χ3n) is 3.75. The quantitative estimate of drug-likeness (QED) is 0.829. The number of hydrogen-bond acceptors (Lipinski definition) is 3. The Labute approximate surface area is 108 Å². The van der Waals surface area contributed by atoms with E-state index in [2.05, 4.69) is 52.6 Å². The van der Waals surface area contributed by atoms with E-state index in [1.165, 1.54) is 10.9 Å². The third kappa shape index (κ3) is 2.11. The lowest BCUT2D eigenvalue weighted by Crippen LogP contribution is -2.43. The summed E-state index contributed by atoms with van der Waals surface area (Å²) in [6, 6.07) is 11.3. The monoisotopic (exact) mass is 241 g/mol. The molecule has 1 atom stereocenters. The molecule has 3 rings (SSSR count). The van der Waals surface area contributed by atoms with Crippen molar-refractivity contribution in [3.63, 3.8) is 0 Å². The fourth-order valence-corrected chi connectivity index (χ4v) is 2.63. The van der Waals surface area contributed by atoms with E-state index in [0.29, 0.717) is 6.04 Å². The number of piperazine rings is 1. The van der Waals surface area contributed by atoms with Crippen LogP contribution in [0.15, 0.2) is 30.3 Å². The second kappa shape index (κ2) is 4.67. The summed E-state index contributed by atoms with van der Waals surface area (Å²) in [5.41, 5.74) is 3.54. The number of rotatable bonds is 1. The Morgan fingerprint density at radius 1 is 1.28 bits per heavy atom. The summed E-state index contributed by atoms with van der Waals surface area (Å²) in [5, 5.41) is 4.70. The van der Waals surface area contributed by atoms with Crippen molar-refractivity contribution in [1.29, 1.82) is 0 Å². The van der Waals surface area contributed by atoms with Gasteiger partial charge in [0.2, 0.25) is 0 Å². The molecule has 18 heavy (non-hydrogen) atoms. The average Bonchev–Trinajstić information content (AvgIpc) is 2.39. The minimum atomic E-state index is 0.476. The van der Waals surface area contributed by atoms with Crippen molar-refractivity contribution < 1.29 is 0 Å². The number of benzene rings is 1. The van der Waals surface area contributed by atoms with Crippen molar-refractivity contribution in [3.05, 3.63) is 41.6 Å². The van der Waals surface area contributed by atoms with Crippen LogP contribution in [0.2, 0.25) is 0 Å². The van der Waals surface area contributed by atoms with E-state index in [-0.39, 0.29) is 0 Å². The van der Waals surface area contributed by atoms with Crippen molar-refractivity contribution in [2.45, 2.75) is 13.0 Å². The van der Waals surface area contributed by atoms with Crippen LogP contribution in [0.5, 0.6) is 0 Å². The number of nitrogens with one attached hydrogen (secondary N) is 1. The van der Waals surface area contributed by atoms with Crippen molar-refractivity contribution in [1.82, 2.24) is 15.2 Å². The molecule has 1 saturated heterocycles. The summed E-state index contributed by atoms with van der Waals surface area (Å²) in [4.78, 5) is 6.97. The van der Waals surface area contributed by atoms with Gasteiger partial charge in [-0.1, -0.05) is 12.1 Å². The first-order chi connectivity index (χ1) is 8.74. The highest BCUT2D eigenvalue weighted by Crippen LogP contribution is 2.24. The number of likely N-dealkylation sites (N-methyl/N-ethyl adjacent to an activating group) is 1.